The Morgan fingerprint density at radius 3 is 2.65 bits per heavy atom. The van der Waals surface area contributed by atoms with Crippen LogP contribution in [0.2, 0.25) is 0 Å². The number of likely N-dealkylation sites (N-methyl/N-ethyl adjacent to an activating group) is 1. The molecule has 17 heavy (non-hydrogen) atoms. The Balaban J connectivity index is 2.41. The summed E-state index contributed by atoms with van der Waals surface area (Å²) < 4.78 is 5.58. The highest BCUT2D eigenvalue weighted by atomic mass is 16.5. The topological polar surface area (TPSA) is 24.5 Å². The quantitative estimate of drug-likeness (QED) is 0.773. The van der Waals surface area contributed by atoms with Crippen LogP contribution < -0.4 is 5.32 Å². The van der Waals surface area contributed by atoms with Crippen molar-refractivity contribution in [3.05, 3.63) is 0 Å². The van der Waals surface area contributed by atoms with Gasteiger partial charge >= 0.3 is 0 Å². The van der Waals surface area contributed by atoms with Crippen LogP contribution in [0.3, 0.4) is 0 Å². The van der Waals surface area contributed by atoms with Crippen LogP contribution in [0.4, 0.5) is 0 Å². The maximum Gasteiger partial charge on any atom is 0.0775 e. The Bertz CT molecular complexity index is 218. The van der Waals surface area contributed by atoms with Gasteiger partial charge in [0.25, 0.3) is 0 Å². The molecule has 0 amide bonds. The summed E-state index contributed by atoms with van der Waals surface area (Å²) in [6, 6.07) is 1.17. The molecule has 0 aromatic carbocycles. The fraction of sp³-hybridized carbons (Fsp3) is 1.00. The molecule has 3 nitrogen and oxygen atoms in total. The van der Waals surface area contributed by atoms with Crippen LogP contribution in [-0.4, -0.2) is 49.8 Å². The predicted molar refractivity (Wildman–Crippen MR) is 73.4 cm³/mol. The van der Waals surface area contributed by atoms with Gasteiger partial charge in [0, 0.05) is 25.7 Å². The molecule has 0 aromatic rings. The van der Waals surface area contributed by atoms with Crippen molar-refractivity contribution in [2.75, 3.05) is 27.2 Å². The standard InChI is InChI=1S/C14H30N2O/c1-12-8-6-7-10-16(12)11-9-13(15-4)14(2,3)17-5/h12-13,15H,6-11H2,1-5H3. The molecule has 2 atom stereocenters. The third kappa shape index (κ3) is 4.23. The van der Waals surface area contributed by atoms with Crippen LogP contribution in [-0.2, 0) is 4.74 Å². The normalized spacial score (nSPS) is 24.9. The first-order valence-corrected chi connectivity index (χ1v) is 6.97. The molecule has 0 bridgehead atoms. The van der Waals surface area contributed by atoms with Gasteiger partial charge < -0.3 is 15.0 Å². The summed E-state index contributed by atoms with van der Waals surface area (Å²) in [6.45, 7) is 9.13. The van der Waals surface area contributed by atoms with Crippen LogP contribution in [0.15, 0.2) is 0 Å². The number of hydrogen-bond donors (Lipinski definition) is 1. The largest absolute Gasteiger partial charge is 0.377 e. The lowest BCUT2D eigenvalue weighted by Gasteiger charge is -2.37. The molecule has 102 valence electrons. The first-order chi connectivity index (χ1) is 8.01. The summed E-state index contributed by atoms with van der Waals surface area (Å²) >= 11 is 0. The summed E-state index contributed by atoms with van der Waals surface area (Å²) in [5.41, 5.74) is -0.0895. The number of nitrogens with zero attached hydrogens (tertiary/aromatic N) is 1. The zero-order chi connectivity index (χ0) is 12.9. The molecule has 0 aliphatic carbocycles. The first-order valence-electron chi connectivity index (χ1n) is 6.97. The third-order valence-corrected chi connectivity index (χ3v) is 4.36. The van der Waals surface area contributed by atoms with Crippen molar-refractivity contribution in [2.45, 2.75) is 64.1 Å². The molecular formula is C14H30N2O. The maximum atomic E-state index is 5.58. The van der Waals surface area contributed by atoms with E-state index in [4.69, 9.17) is 4.74 Å². The number of nitrogens with one attached hydrogen (secondary N) is 1. The van der Waals surface area contributed by atoms with Crippen molar-refractivity contribution in [1.82, 2.24) is 10.2 Å². The summed E-state index contributed by atoms with van der Waals surface area (Å²) in [4.78, 5) is 2.62. The SMILES string of the molecule is CNC(CCN1CCCCC1C)C(C)(C)OC. The van der Waals surface area contributed by atoms with E-state index < -0.39 is 0 Å². The Hall–Kier alpha value is -0.120. The predicted octanol–water partition coefficient (Wildman–Crippen LogP) is 2.26. The molecule has 0 saturated carbocycles. The van der Waals surface area contributed by atoms with Gasteiger partial charge in [0.1, 0.15) is 0 Å². The van der Waals surface area contributed by atoms with Crippen molar-refractivity contribution in [3.63, 3.8) is 0 Å². The van der Waals surface area contributed by atoms with Gasteiger partial charge in [-0.05, 0) is 53.6 Å². The molecule has 1 saturated heterocycles. The summed E-state index contributed by atoms with van der Waals surface area (Å²) in [6.07, 6.45) is 5.28. The van der Waals surface area contributed by atoms with Crippen LogP contribution in [0.5, 0.6) is 0 Å². The van der Waals surface area contributed by atoms with Gasteiger partial charge in [-0.2, -0.15) is 0 Å². The second-order valence-corrected chi connectivity index (χ2v) is 5.82. The van der Waals surface area contributed by atoms with Gasteiger partial charge in [0.05, 0.1) is 5.60 Å². The zero-order valence-electron chi connectivity index (χ0n) is 12.3. The molecule has 1 heterocycles. The van der Waals surface area contributed by atoms with E-state index in [0.29, 0.717) is 6.04 Å². The van der Waals surface area contributed by atoms with E-state index >= 15 is 0 Å². The van der Waals surface area contributed by atoms with Crippen LogP contribution >= 0.6 is 0 Å². The number of methoxy groups -OCH3 is 1. The zero-order valence-corrected chi connectivity index (χ0v) is 12.3. The smallest absolute Gasteiger partial charge is 0.0775 e. The molecule has 2 unspecified atom stereocenters. The number of rotatable bonds is 6. The second-order valence-electron chi connectivity index (χ2n) is 5.82. The second kappa shape index (κ2) is 6.72. The fourth-order valence-corrected chi connectivity index (χ4v) is 2.77. The van der Waals surface area contributed by atoms with Gasteiger partial charge in [0.2, 0.25) is 0 Å². The average molecular weight is 242 g/mol. The number of piperidine rings is 1. The summed E-state index contributed by atoms with van der Waals surface area (Å²) in [7, 11) is 3.83. The van der Waals surface area contributed by atoms with Crippen molar-refractivity contribution in [2.24, 2.45) is 0 Å². The van der Waals surface area contributed by atoms with E-state index in [0.717, 1.165) is 12.5 Å². The minimum atomic E-state index is -0.0895. The average Bonchev–Trinajstić information content (AvgIpc) is 2.32. The lowest BCUT2D eigenvalue weighted by molar-refractivity contribution is -0.0144. The first kappa shape index (κ1) is 14.9. The molecule has 1 aliphatic rings. The Morgan fingerprint density at radius 1 is 1.41 bits per heavy atom. The lowest BCUT2D eigenvalue weighted by atomic mass is 9.94. The molecule has 0 spiro atoms. The molecule has 1 fully saturated rings. The van der Waals surface area contributed by atoms with E-state index in [9.17, 15) is 0 Å². The number of ether oxygens (including phenoxy) is 1. The summed E-state index contributed by atoms with van der Waals surface area (Å²) in [5.74, 6) is 0. The highest BCUT2D eigenvalue weighted by Gasteiger charge is 2.29. The molecule has 0 aromatic heterocycles. The summed E-state index contributed by atoms with van der Waals surface area (Å²) in [5, 5.41) is 3.40. The molecular weight excluding hydrogens is 212 g/mol. The number of likely N-dealkylation sites (tertiary alicyclic amines) is 1. The van der Waals surface area contributed by atoms with E-state index in [-0.39, 0.29) is 5.60 Å². The van der Waals surface area contributed by atoms with Crippen molar-refractivity contribution in [3.8, 4) is 0 Å². The monoisotopic (exact) mass is 242 g/mol. The highest BCUT2D eigenvalue weighted by molar-refractivity contribution is 4.86. The van der Waals surface area contributed by atoms with Gasteiger partial charge in [-0.25, -0.2) is 0 Å². The minimum absolute atomic E-state index is 0.0895. The van der Waals surface area contributed by atoms with Gasteiger partial charge in [-0.3, -0.25) is 0 Å². The van der Waals surface area contributed by atoms with Crippen molar-refractivity contribution >= 4 is 0 Å². The van der Waals surface area contributed by atoms with Crippen molar-refractivity contribution in [1.29, 1.82) is 0 Å². The van der Waals surface area contributed by atoms with E-state index in [1.807, 2.05) is 7.05 Å². The van der Waals surface area contributed by atoms with Gasteiger partial charge in [-0.1, -0.05) is 6.42 Å². The maximum absolute atomic E-state index is 5.58. The minimum Gasteiger partial charge on any atom is -0.377 e. The molecule has 1 rings (SSSR count). The molecule has 1 aliphatic heterocycles. The van der Waals surface area contributed by atoms with E-state index in [1.165, 1.54) is 32.4 Å². The van der Waals surface area contributed by atoms with E-state index in [2.05, 4.69) is 31.0 Å². The number of hydrogen-bond acceptors (Lipinski definition) is 3. The highest BCUT2D eigenvalue weighted by Crippen LogP contribution is 2.20. The van der Waals surface area contributed by atoms with Crippen molar-refractivity contribution < 1.29 is 4.74 Å². The van der Waals surface area contributed by atoms with E-state index in [1.54, 1.807) is 7.11 Å². The van der Waals surface area contributed by atoms with Crippen LogP contribution in [0.25, 0.3) is 0 Å². The molecule has 0 radical (unpaired) electrons. The Morgan fingerprint density at radius 2 is 2.12 bits per heavy atom. The van der Waals surface area contributed by atoms with Crippen LogP contribution in [0, 0.1) is 0 Å². The van der Waals surface area contributed by atoms with Gasteiger partial charge in [0.15, 0.2) is 0 Å². The third-order valence-electron chi connectivity index (χ3n) is 4.36. The molecule has 3 heteroatoms. The lowest BCUT2D eigenvalue weighted by Crippen LogP contribution is -2.49. The Kier molecular flexibility index (Phi) is 5.90. The van der Waals surface area contributed by atoms with Gasteiger partial charge in [-0.15, -0.1) is 0 Å². The van der Waals surface area contributed by atoms with Crippen LogP contribution in [0.1, 0.15) is 46.5 Å². The fourth-order valence-electron chi connectivity index (χ4n) is 2.77. The molecule has 1 N–H and O–H groups in total. The Labute approximate surface area is 107 Å².